The summed E-state index contributed by atoms with van der Waals surface area (Å²) >= 11 is 0. The van der Waals surface area contributed by atoms with Gasteiger partial charge in [0.25, 0.3) is 0 Å². The lowest BCUT2D eigenvalue weighted by Crippen LogP contribution is -2.44. The Morgan fingerprint density at radius 3 is 2.95 bits per heavy atom. The third-order valence-electron chi connectivity index (χ3n) is 3.37. The number of para-hydroxylation sites is 2. The Balaban J connectivity index is 2.00. The molecule has 1 amide bonds. The number of carbonyl (C=O) groups excluding carboxylic acids is 1. The fraction of sp³-hybridized carbons (Fsp3) is 0.500. The van der Waals surface area contributed by atoms with Crippen LogP contribution in [0.1, 0.15) is 13.3 Å². The van der Waals surface area contributed by atoms with Gasteiger partial charge in [-0.1, -0.05) is 12.1 Å². The number of hydrogen-bond donors (Lipinski definition) is 2. The minimum atomic E-state index is -0.458. The highest BCUT2D eigenvalue weighted by Crippen LogP contribution is 2.30. The van der Waals surface area contributed by atoms with Crippen LogP contribution in [0.5, 0.6) is 5.75 Å². The van der Waals surface area contributed by atoms with Gasteiger partial charge in [-0.15, -0.1) is 0 Å². The van der Waals surface area contributed by atoms with Gasteiger partial charge in [-0.05, 0) is 25.5 Å². The number of rotatable bonds is 4. The van der Waals surface area contributed by atoms with Gasteiger partial charge in [-0.3, -0.25) is 4.79 Å². The topological polar surface area (TPSA) is 67.6 Å². The molecule has 2 rings (SSSR count). The number of nitrogens with two attached hydrogens (primary N) is 1. The van der Waals surface area contributed by atoms with E-state index in [1.165, 1.54) is 0 Å². The zero-order chi connectivity index (χ0) is 13.8. The molecule has 0 bridgehead atoms. The Bertz CT molecular complexity index is 448. The maximum atomic E-state index is 11.6. The van der Waals surface area contributed by atoms with Crippen molar-refractivity contribution in [3.05, 3.63) is 24.3 Å². The third kappa shape index (κ3) is 3.17. The quantitative estimate of drug-likeness (QED) is 0.840. The third-order valence-corrected chi connectivity index (χ3v) is 3.37. The highest BCUT2D eigenvalue weighted by Gasteiger charge is 2.26. The first-order chi connectivity index (χ1) is 9.11. The van der Waals surface area contributed by atoms with Crippen LogP contribution in [0.2, 0.25) is 0 Å². The molecule has 1 aliphatic rings. The number of hydrogen-bond acceptors (Lipinski definition) is 4. The lowest BCUT2D eigenvalue weighted by molar-refractivity contribution is -0.122. The molecule has 0 radical (unpaired) electrons. The summed E-state index contributed by atoms with van der Waals surface area (Å²) in [5.74, 6) is 0.772. The van der Waals surface area contributed by atoms with E-state index in [0.29, 0.717) is 0 Å². The predicted molar refractivity (Wildman–Crippen MR) is 75.4 cm³/mol. The van der Waals surface area contributed by atoms with E-state index in [0.717, 1.165) is 30.9 Å². The second-order valence-electron chi connectivity index (χ2n) is 4.90. The van der Waals surface area contributed by atoms with E-state index in [4.69, 9.17) is 10.5 Å². The van der Waals surface area contributed by atoms with Crippen LogP contribution in [0.15, 0.2) is 24.3 Å². The van der Waals surface area contributed by atoms with E-state index in [1.807, 2.05) is 24.3 Å². The van der Waals surface area contributed by atoms with Crippen LogP contribution in [0.3, 0.4) is 0 Å². The monoisotopic (exact) mass is 263 g/mol. The van der Waals surface area contributed by atoms with Crippen LogP contribution in [0.4, 0.5) is 5.69 Å². The Labute approximate surface area is 113 Å². The molecular weight excluding hydrogens is 242 g/mol. The average molecular weight is 263 g/mol. The molecule has 104 valence electrons. The first-order valence-corrected chi connectivity index (χ1v) is 6.55. The molecule has 1 heterocycles. The maximum absolute atomic E-state index is 11.6. The Kier molecular flexibility index (Phi) is 4.27. The molecule has 0 aromatic heterocycles. The molecule has 1 aromatic carbocycles. The van der Waals surface area contributed by atoms with Crippen molar-refractivity contribution in [3.63, 3.8) is 0 Å². The summed E-state index contributed by atoms with van der Waals surface area (Å²) < 4.78 is 5.36. The van der Waals surface area contributed by atoms with E-state index in [9.17, 15) is 4.79 Å². The van der Waals surface area contributed by atoms with Gasteiger partial charge in [0.05, 0.1) is 18.8 Å². The number of ether oxygens (including phenoxy) is 1. The number of amides is 1. The number of nitrogens with one attached hydrogen (secondary N) is 1. The maximum Gasteiger partial charge on any atom is 0.236 e. The summed E-state index contributed by atoms with van der Waals surface area (Å²) in [6.07, 6.45) is 0.927. The first kappa shape index (κ1) is 13.7. The summed E-state index contributed by atoms with van der Waals surface area (Å²) in [7, 11) is 1.67. The SMILES string of the molecule is COc1ccccc1N1CCC(NC(=O)C(C)N)C1. The van der Waals surface area contributed by atoms with Gasteiger partial charge in [-0.2, -0.15) is 0 Å². The van der Waals surface area contributed by atoms with Gasteiger partial charge in [0.15, 0.2) is 0 Å². The minimum Gasteiger partial charge on any atom is -0.495 e. The molecule has 2 unspecified atom stereocenters. The summed E-state index contributed by atoms with van der Waals surface area (Å²) in [4.78, 5) is 13.8. The highest BCUT2D eigenvalue weighted by atomic mass is 16.5. The Morgan fingerprint density at radius 2 is 2.26 bits per heavy atom. The zero-order valence-corrected chi connectivity index (χ0v) is 11.4. The molecule has 1 aromatic rings. The second kappa shape index (κ2) is 5.93. The fourth-order valence-corrected chi connectivity index (χ4v) is 2.32. The van der Waals surface area contributed by atoms with Crippen LogP contribution >= 0.6 is 0 Å². The Hall–Kier alpha value is -1.75. The van der Waals surface area contributed by atoms with Crippen molar-refractivity contribution in [1.82, 2.24) is 5.32 Å². The van der Waals surface area contributed by atoms with Crippen molar-refractivity contribution in [3.8, 4) is 5.75 Å². The first-order valence-electron chi connectivity index (χ1n) is 6.55. The van der Waals surface area contributed by atoms with Crippen molar-refractivity contribution in [2.24, 2.45) is 5.73 Å². The lowest BCUT2D eigenvalue weighted by Gasteiger charge is -2.21. The minimum absolute atomic E-state index is 0.0909. The van der Waals surface area contributed by atoms with Gasteiger partial charge in [0, 0.05) is 19.1 Å². The van der Waals surface area contributed by atoms with E-state index < -0.39 is 6.04 Å². The smallest absolute Gasteiger partial charge is 0.236 e. The molecule has 19 heavy (non-hydrogen) atoms. The van der Waals surface area contributed by atoms with Crippen LogP contribution in [0, 0.1) is 0 Å². The van der Waals surface area contributed by atoms with Gasteiger partial charge in [0.2, 0.25) is 5.91 Å². The summed E-state index contributed by atoms with van der Waals surface area (Å²) in [6.45, 7) is 3.39. The lowest BCUT2D eigenvalue weighted by atomic mass is 10.2. The predicted octanol–water partition coefficient (Wildman–Crippen LogP) is 0.737. The van der Waals surface area contributed by atoms with Crippen molar-refractivity contribution in [2.45, 2.75) is 25.4 Å². The molecule has 1 fully saturated rings. The standard InChI is InChI=1S/C14H21N3O2/c1-10(15)14(18)16-11-7-8-17(9-11)12-5-3-4-6-13(12)19-2/h3-6,10-11H,7-9,15H2,1-2H3,(H,16,18). The summed E-state index contributed by atoms with van der Waals surface area (Å²) in [6, 6.07) is 7.63. The average Bonchev–Trinajstić information content (AvgIpc) is 2.86. The van der Waals surface area contributed by atoms with Crippen LogP contribution in [-0.2, 0) is 4.79 Å². The van der Waals surface area contributed by atoms with Gasteiger partial charge >= 0.3 is 0 Å². The summed E-state index contributed by atoms with van der Waals surface area (Å²) in [5, 5.41) is 2.97. The van der Waals surface area contributed by atoms with Gasteiger partial charge < -0.3 is 20.7 Å². The molecule has 0 saturated carbocycles. The van der Waals surface area contributed by atoms with Gasteiger partial charge in [-0.25, -0.2) is 0 Å². The molecule has 1 saturated heterocycles. The van der Waals surface area contributed by atoms with E-state index in [-0.39, 0.29) is 11.9 Å². The number of carbonyl (C=O) groups is 1. The van der Waals surface area contributed by atoms with Crippen molar-refractivity contribution < 1.29 is 9.53 Å². The van der Waals surface area contributed by atoms with Crippen LogP contribution in [0.25, 0.3) is 0 Å². The normalized spacial score (nSPS) is 20.2. The van der Waals surface area contributed by atoms with Crippen LogP contribution in [-0.4, -0.2) is 38.2 Å². The number of anilines is 1. The Morgan fingerprint density at radius 1 is 1.53 bits per heavy atom. The second-order valence-corrected chi connectivity index (χ2v) is 4.90. The highest BCUT2D eigenvalue weighted by molar-refractivity contribution is 5.81. The van der Waals surface area contributed by atoms with Crippen molar-refractivity contribution in [1.29, 1.82) is 0 Å². The van der Waals surface area contributed by atoms with E-state index in [2.05, 4.69) is 10.2 Å². The zero-order valence-electron chi connectivity index (χ0n) is 11.4. The van der Waals surface area contributed by atoms with Crippen LogP contribution < -0.4 is 20.7 Å². The van der Waals surface area contributed by atoms with Gasteiger partial charge in [0.1, 0.15) is 5.75 Å². The molecular formula is C14H21N3O2. The number of nitrogens with zero attached hydrogens (tertiary/aromatic N) is 1. The van der Waals surface area contributed by atoms with E-state index >= 15 is 0 Å². The van der Waals surface area contributed by atoms with Crippen molar-refractivity contribution in [2.75, 3.05) is 25.1 Å². The van der Waals surface area contributed by atoms with E-state index in [1.54, 1.807) is 14.0 Å². The molecule has 1 aliphatic heterocycles. The number of methoxy groups -OCH3 is 1. The fourth-order valence-electron chi connectivity index (χ4n) is 2.32. The molecule has 5 nitrogen and oxygen atoms in total. The molecule has 0 spiro atoms. The molecule has 5 heteroatoms. The molecule has 2 atom stereocenters. The summed E-state index contributed by atoms with van der Waals surface area (Å²) in [5.41, 5.74) is 6.63. The molecule has 3 N–H and O–H groups in total. The van der Waals surface area contributed by atoms with Crippen molar-refractivity contribution >= 4 is 11.6 Å². The number of benzene rings is 1. The molecule has 0 aliphatic carbocycles. The largest absolute Gasteiger partial charge is 0.495 e.